The van der Waals surface area contributed by atoms with Crippen LogP contribution in [0, 0.1) is 5.92 Å². The highest BCUT2D eigenvalue weighted by Crippen LogP contribution is 2.31. The van der Waals surface area contributed by atoms with E-state index in [0.717, 1.165) is 33.9 Å². The summed E-state index contributed by atoms with van der Waals surface area (Å²) in [6.45, 7) is 4.44. The van der Waals surface area contributed by atoms with Crippen molar-refractivity contribution in [3.05, 3.63) is 21.0 Å². The van der Waals surface area contributed by atoms with Crippen LogP contribution in [0.15, 0.2) is 19.6 Å². The van der Waals surface area contributed by atoms with Crippen LogP contribution in [-0.2, 0) is 6.54 Å². The fourth-order valence-corrected chi connectivity index (χ4v) is 3.69. The van der Waals surface area contributed by atoms with E-state index in [0.29, 0.717) is 6.04 Å². The minimum absolute atomic E-state index is 0.700. The zero-order chi connectivity index (χ0) is 11.8. The lowest BCUT2D eigenvalue weighted by molar-refractivity contribution is 0.109. The van der Waals surface area contributed by atoms with Crippen LogP contribution in [0.4, 0.5) is 0 Å². The van der Waals surface area contributed by atoms with Crippen molar-refractivity contribution < 1.29 is 4.42 Å². The molecule has 0 saturated carbocycles. The quantitative estimate of drug-likeness (QED) is 0.875. The predicted octanol–water partition coefficient (Wildman–Crippen LogP) is 2.99. The van der Waals surface area contributed by atoms with Gasteiger partial charge >= 0.3 is 0 Å². The highest BCUT2D eigenvalue weighted by Gasteiger charge is 2.35. The van der Waals surface area contributed by atoms with Crippen molar-refractivity contribution in [2.45, 2.75) is 25.4 Å². The van der Waals surface area contributed by atoms with Gasteiger partial charge in [-0.3, -0.25) is 4.90 Å². The van der Waals surface area contributed by atoms with Crippen LogP contribution < -0.4 is 5.32 Å². The van der Waals surface area contributed by atoms with E-state index in [1.165, 1.54) is 25.9 Å². The standard InChI is InChI=1S/C12H16Br2N2O/c13-10-4-9(17-12(10)14)7-16-3-1-2-8-5-15-6-11(8)16/h4,8,11,15H,1-3,5-7H2. The van der Waals surface area contributed by atoms with Crippen LogP contribution in [0.5, 0.6) is 0 Å². The van der Waals surface area contributed by atoms with E-state index in [2.05, 4.69) is 48.1 Å². The topological polar surface area (TPSA) is 28.4 Å². The Balaban J connectivity index is 1.71. The van der Waals surface area contributed by atoms with Crippen molar-refractivity contribution in [1.29, 1.82) is 0 Å². The maximum atomic E-state index is 5.67. The lowest BCUT2D eigenvalue weighted by Crippen LogP contribution is -2.44. The van der Waals surface area contributed by atoms with E-state index in [1.807, 2.05) is 0 Å². The van der Waals surface area contributed by atoms with E-state index in [1.54, 1.807) is 0 Å². The highest BCUT2D eigenvalue weighted by molar-refractivity contribution is 9.13. The molecule has 0 radical (unpaired) electrons. The van der Waals surface area contributed by atoms with Gasteiger partial charge in [-0.15, -0.1) is 0 Å². The largest absolute Gasteiger partial charge is 0.452 e. The molecule has 2 fully saturated rings. The van der Waals surface area contributed by atoms with Gasteiger partial charge in [0.2, 0.25) is 0 Å². The zero-order valence-electron chi connectivity index (χ0n) is 9.59. The van der Waals surface area contributed by atoms with Crippen molar-refractivity contribution in [2.24, 2.45) is 5.92 Å². The molecule has 3 nitrogen and oxygen atoms in total. The van der Waals surface area contributed by atoms with Crippen LogP contribution >= 0.6 is 31.9 Å². The van der Waals surface area contributed by atoms with Gasteiger partial charge in [0, 0.05) is 12.6 Å². The lowest BCUT2D eigenvalue weighted by Gasteiger charge is -2.36. The highest BCUT2D eigenvalue weighted by atomic mass is 79.9. The first kappa shape index (κ1) is 12.2. The molecule has 0 spiro atoms. The second kappa shape index (κ2) is 5.03. The molecule has 3 heterocycles. The monoisotopic (exact) mass is 362 g/mol. The average molecular weight is 364 g/mol. The number of likely N-dealkylation sites (tertiary alicyclic amines) is 1. The number of furan rings is 1. The number of piperidine rings is 1. The molecule has 2 saturated heterocycles. The molecule has 2 aliphatic heterocycles. The van der Waals surface area contributed by atoms with Gasteiger partial charge in [-0.2, -0.15) is 0 Å². The Morgan fingerprint density at radius 1 is 1.41 bits per heavy atom. The number of hydrogen-bond acceptors (Lipinski definition) is 3. The third-order valence-electron chi connectivity index (χ3n) is 3.85. The lowest BCUT2D eigenvalue weighted by atomic mass is 9.92. The average Bonchev–Trinajstić information content (AvgIpc) is 2.87. The molecule has 0 amide bonds. The van der Waals surface area contributed by atoms with Crippen molar-refractivity contribution in [3.63, 3.8) is 0 Å². The minimum Gasteiger partial charge on any atom is -0.452 e. The van der Waals surface area contributed by atoms with E-state index < -0.39 is 0 Å². The fraction of sp³-hybridized carbons (Fsp3) is 0.667. The molecule has 2 atom stereocenters. The summed E-state index contributed by atoms with van der Waals surface area (Å²) in [5.41, 5.74) is 0. The number of hydrogen-bond donors (Lipinski definition) is 1. The molecular formula is C12H16Br2N2O. The van der Waals surface area contributed by atoms with Gasteiger partial charge in [0.05, 0.1) is 11.0 Å². The number of rotatable bonds is 2. The summed E-state index contributed by atoms with van der Waals surface area (Å²) in [6, 6.07) is 2.77. The van der Waals surface area contributed by atoms with Gasteiger partial charge in [0.1, 0.15) is 5.76 Å². The SMILES string of the molecule is Brc1cc(CN2CCCC3CNCC32)oc1Br. The van der Waals surface area contributed by atoms with E-state index in [-0.39, 0.29) is 0 Å². The molecule has 1 aromatic heterocycles. The summed E-state index contributed by atoms with van der Waals surface area (Å²) in [5.74, 6) is 1.88. The van der Waals surface area contributed by atoms with Crippen LogP contribution in [0.1, 0.15) is 18.6 Å². The Labute approximate surface area is 118 Å². The zero-order valence-corrected chi connectivity index (χ0v) is 12.8. The number of nitrogens with one attached hydrogen (secondary N) is 1. The van der Waals surface area contributed by atoms with E-state index >= 15 is 0 Å². The van der Waals surface area contributed by atoms with Gasteiger partial charge in [-0.05, 0) is 69.8 Å². The van der Waals surface area contributed by atoms with Crippen LogP contribution in [-0.4, -0.2) is 30.6 Å². The molecule has 3 rings (SSSR count). The minimum atomic E-state index is 0.700. The maximum absolute atomic E-state index is 5.67. The Kier molecular flexibility index (Phi) is 3.62. The van der Waals surface area contributed by atoms with Crippen LogP contribution in [0.25, 0.3) is 0 Å². The molecule has 5 heteroatoms. The summed E-state index contributed by atoms with van der Waals surface area (Å²) >= 11 is 6.86. The predicted molar refractivity (Wildman–Crippen MR) is 73.9 cm³/mol. The smallest absolute Gasteiger partial charge is 0.183 e. The Bertz CT molecular complexity index is 388. The normalized spacial score (nSPS) is 29.5. The fourth-order valence-electron chi connectivity index (χ4n) is 3.03. The van der Waals surface area contributed by atoms with Crippen molar-refractivity contribution in [2.75, 3.05) is 19.6 Å². The summed E-state index contributed by atoms with van der Waals surface area (Å²) in [6.07, 6.45) is 2.69. The second-order valence-corrected chi connectivity index (χ2v) is 6.51. The van der Waals surface area contributed by atoms with Crippen molar-refractivity contribution >= 4 is 31.9 Å². The summed E-state index contributed by atoms with van der Waals surface area (Å²) in [5, 5.41) is 3.51. The van der Waals surface area contributed by atoms with Gasteiger partial charge < -0.3 is 9.73 Å². The number of halogens is 2. The first-order chi connectivity index (χ1) is 8.24. The molecule has 17 heavy (non-hydrogen) atoms. The van der Waals surface area contributed by atoms with Gasteiger partial charge in [-0.25, -0.2) is 0 Å². The summed E-state index contributed by atoms with van der Waals surface area (Å²) in [7, 11) is 0. The van der Waals surface area contributed by atoms with Crippen LogP contribution in [0.2, 0.25) is 0 Å². The maximum Gasteiger partial charge on any atom is 0.183 e. The Morgan fingerprint density at radius 2 is 2.29 bits per heavy atom. The van der Waals surface area contributed by atoms with Gasteiger partial charge in [0.15, 0.2) is 4.67 Å². The summed E-state index contributed by atoms with van der Waals surface area (Å²) in [4.78, 5) is 2.56. The van der Waals surface area contributed by atoms with E-state index in [9.17, 15) is 0 Å². The molecule has 0 aliphatic carbocycles. The molecule has 0 bridgehead atoms. The number of fused-ring (bicyclic) bond motifs is 1. The molecule has 0 aromatic carbocycles. The molecule has 2 unspecified atom stereocenters. The molecular weight excluding hydrogens is 348 g/mol. The number of nitrogens with zero attached hydrogens (tertiary/aromatic N) is 1. The second-order valence-electron chi connectivity index (χ2n) is 4.93. The molecule has 94 valence electrons. The Morgan fingerprint density at radius 3 is 3.06 bits per heavy atom. The van der Waals surface area contributed by atoms with Gasteiger partial charge in [0.25, 0.3) is 0 Å². The summed E-state index contributed by atoms with van der Waals surface area (Å²) < 4.78 is 7.48. The van der Waals surface area contributed by atoms with Crippen molar-refractivity contribution in [1.82, 2.24) is 10.2 Å². The molecule has 1 aromatic rings. The third-order valence-corrected chi connectivity index (χ3v) is 5.56. The first-order valence-electron chi connectivity index (χ1n) is 6.12. The Hall–Kier alpha value is 0.160. The van der Waals surface area contributed by atoms with Gasteiger partial charge in [-0.1, -0.05) is 0 Å². The molecule has 2 aliphatic rings. The van der Waals surface area contributed by atoms with Crippen molar-refractivity contribution in [3.8, 4) is 0 Å². The van der Waals surface area contributed by atoms with E-state index in [4.69, 9.17) is 4.42 Å². The third kappa shape index (κ3) is 2.48. The molecule has 1 N–H and O–H groups in total. The first-order valence-corrected chi connectivity index (χ1v) is 7.71. The van der Waals surface area contributed by atoms with Crippen LogP contribution in [0.3, 0.4) is 0 Å².